The lowest BCUT2D eigenvalue weighted by Gasteiger charge is -2.12. The Labute approximate surface area is 100 Å². The molecule has 0 fully saturated rings. The third-order valence-electron chi connectivity index (χ3n) is 3.03. The van der Waals surface area contributed by atoms with E-state index in [1.165, 1.54) is 11.3 Å². The predicted molar refractivity (Wildman–Crippen MR) is 68.7 cm³/mol. The van der Waals surface area contributed by atoms with Crippen molar-refractivity contribution in [3.05, 3.63) is 42.2 Å². The van der Waals surface area contributed by atoms with Gasteiger partial charge >= 0.3 is 0 Å². The van der Waals surface area contributed by atoms with E-state index in [0.29, 0.717) is 5.95 Å². The number of hydrogen-bond donors (Lipinski definition) is 1. The Morgan fingerprint density at radius 2 is 2.06 bits per heavy atom. The third-order valence-corrected chi connectivity index (χ3v) is 3.03. The van der Waals surface area contributed by atoms with Crippen molar-refractivity contribution in [2.24, 2.45) is 0 Å². The van der Waals surface area contributed by atoms with Crippen LogP contribution >= 0.6 is 0 Å². The molecule has 1 aromatic heterocycles. The second-order valence-corrected chi connectivity index (χ2v) is 4.21. The Bertz CT molecular complexity index is 524. The minimum Gasteiger partial charge on any atom is -0.374 e. The van der Waals surface area contributed by atoms with E-state index in [-0.39, 0.29) is 0 Å². The average molecular weight is 226 g/mol. The fourth-order valence-corrected chi connectivity index (χ4v) is 2.14. The second kappa shape index (κ2) is 4.05. The van der Waals surface area contributed by atoms with Gasteiger partial charge in [0, 0.05) is 37.4 Å². The van der Waals surface area contributed by atoms with Crippen molar-refractivity contribution in [2.45, 2.75) is 6.42 Å². The van der Waals surface area contributed by atoms with Crippen LogP contribution in [0.25, 0.3) is 0 Å². The van der Waals surface area contributed by atoms with Gasteiger partial charge in [-0.15, -0.1) is 0 Å². The summed E-state index contributed by atoms with van der Waals surface area (Å²) < 4.78 is 0. The quantitative estimate of drug-likeness (QED) is 0.852. The first-order valence-corrected chi connectivity index (χ1v) is 5.71. The Hall–Kier alpha value is -2.10. The molecule has 0 spiro atoms. The van der Waals surface area contributed by atoms with Crippen LogP contribution in [0, 0.1) is 0 Å². The predicted octanol–water partition coefficient (Wildman–Crippen LogP) is 2.21. The number of anilines is 3. The van der Waals surface area contributed by atoms with Crippen molar-refractivity contribution in [2.75, 3.05) is 23.8 Å². The minimum atomic E-state index is 0.638. The summed E-state index contributed by atoms with van der Waals surface area (Å²) in [5, 5.41) is 3.21. The molecule has 1 aliphatic rings. The van der Waals surface area contributed by atoms with Gasteiger partial charge in [0.05, 0.1) is 0 Å². The van der Waals surface area contributed by atoms with Gasteiger partial charge in [-0.05, 0) is 36.2 Å². The lowest BCUT2D eigenvalue weighted by Crippen LogP contribution is -2.12. The van der Waals surface area contributed by atoms with E-state index in [2.05, 4.69) is 45.4 Å². The molecule has 0 saturated heterocycles. The number of hydrogen-bond acceptors (Lipinski definition) is 4. The molecule has 2 heterocycles. The van der Waals surface area contributed by atoms with Gasteiger partial charge in [-0.3, -0.25) is 0 Å². The second-order valence-electron chi connectivity index (χ2n) is 4.21. The maximum absolute atomic E-state index is 4.15. The van der Waals surface area contributed by atoms with E-state index in [1.807, 2.05) is 6.07 Å². The maximum Gasteiger partial charge on any atom is 0.227 e. The highest BCUT2D eigenvalue weighted by Gasteiger charge is 2.15. The number of nitrogens with zero attached hydrogens (tertiary/aromatic N) is 3. The molecule has 0 bridgehead atoms. The smallest absolute Gasteiger partial charge is 0.227 e. The molecule has 0 saturated carbocycles. The van der Waals surface area contributed by atoms with Crippen molar-refractivity contribution in [1.82, 2.24) is 9.97 Å². The summed E-state index contributed by atoms with van der Waals surface area (Å²) >= 11 is 0. The van der Waals surface area contributed by atoms with Crippen LogP contribution in [0.3, 0.4) is 0 Å². The lowest BCUT2D eigenvalue weighted by atomic mass is 10.1. The average Bonchev–Trinajstić information content (AvgIpc) is 2.72. The molecule has 4 nitrogen and oxygen atoms in total. The molecule has 0 amide bonds. The monoisotopic (exact) mass is 226 g/mol. The first kappa shape index (κ1) is 10.1. The highest BCUT2D eigenvalue weighted by molar-refractivity contribution is 5.65. The summed E-state index contributed by atoms with van der Waals surface area (Å²) in [4.78, 5) is 10.6. The van der Waals surface area contributed by atoms with Crippen LogP contribution in [0.5, 0.6) is 0 Å². The zero-order chi connectivity index (χ0) is 11.7. The molecule has 86 valence electrons. The molecule has 0 radical (unpaired) electrons. The van der Waals surface area contributed by atoms with Gasteiger partial charge < -0.3 is 10.2 Å². The molecule has 1 aromatic carbocycles. The summed E-state index contributed by atoms with van der Waals surface area (Å²) in [5.74, 6) is 0.638. The normalized spacial score (nSPS) is 13.6. The first-order valence-electron chi connectivity index (χ1n) is 5.71. The summed E-state index contributed by atoms with van der Waals surface area (Å²) in [7, 11) is 2.12. The molecule has 0 atom stereocenters. The Morgan fingerprint density at radius 1 is 1.24 bits per heavy atom. The number of rotatable bonds is 2. The van der Waals surface area contributed by atoms with Gasteiger partial charge in [0.25, 0.3) is 0 Å². The number of benzene rings is 1. The zero-order valence-electron chi connectivity index (χ0n) is 9.72. The van der Waals surface area contributed by atoms with Gasteiger partial charge in [0.15, 0.2) is 0 Å². The highest BCUT2D eigenvalue weighted by Crippen LogP contribution is 2.29. The summed E-state index contributed by atoms with van der Waals surface area (Å²) in [6, 6.07) is 8.20. The summed E-state index contributed by atoms with van der Waals surface area (Å²) in [6.07, 6.45) is 4.57. The highest BCUT2D eigenvalue weighted by atomic mass is 15.1. The zero-order valence-corrected chi connectivity index (χ0v) is 9.72. The molecular weight excluding hydrogens is 212 g/mol. The van der Waals surface area contributed by atoms with E-state index in [0.717, 1.165) is 18.7 Å². The largest absolute Gasteiger partial charge is 0.374 e. The molecular formula is C13H14N4. The molecule has 0 aliphatic carbocycles. The van der Waals surface area contributed by atoms with E-state index in [1.54, 1.807) is 12.4 Å². The van der Waals surface area contributed by atoms with Gasteiger partial charge in [-0.2, -0.15) is 0 Å². The molecule has 1 N–H and O–H groups in total. The number of aromatic nitrogens is 2. The fourth-order valence-electron chi connectivity index (χ4n) is 2.14. The summed E-state index contributed by atoms with van der Waals surface area (Å²) in [6.45, 7) is 1.10. The van der Waals surface area contributed by atoms with Crippen molar-refractivity contribution in [3.8, 4) is 0 Å². The fraction of sp³-hybridized carbons (Fsp3) is 0.231. The van der Waals surface area contributed by atoms with Gasteiger partial charge in [-0.25, -0.2) is 9.97 Å². The number of likely N-dealkylation sites (N-methyl/N-ethyl adjacent to an activating group) is 1. The van der Waals surface area contributed by atoms with Gasteiger partial charge in [0.2, 0.25) is 5.95 Å². The Kier molecular flexibility index (Phi) is 2.40. The maximum atomic E-state index is 4.15. The van der Waals surface area contributed by atoms with Crippen LogP contribution in [0.2, 0.25) is 0 Å². The van der Waals surface area contributed by atoms with Crippen molar-refractivity contribution in [1.29, 1.82) is 0 Å². The standard InChI is InChI=1S/C13H14N4/c1-17-8-5-10-9-11(3-4-12(10)17)16-13-14-6-2-7-15-13/h2-4,6-7,9H,5,8H2,1H3,(H,14,15,16). The van der Waals surface area contributed by atoms with Crippen molar-refractivity contribution in [3.63, 3.8) is 0 Å². The van der Waals surface area contributed by atoms with E-state index < -0.39 is 0 Å². The van der Waals surface area contributed by atoms with Crippen LogP contribution in [0.4, 0.5) is 17.3 Å². The Morgan fingerprint density at radius 3 is 2.88 bits per heavy atom. The number of fused-ring (bicyclic) bond motifs is 1. The van der Waals surface area contributed by atoms with Crippen LogP contribution in [-0.4, -0.2) is 23.6 Å². The molecule has 3 rings (SSSR count). The third kappa shape index (κ3) is 1.93. The molecule has 17 heavy (non-hydrogen) atoms. The topological polar surface area (TPSA) is 41.0 Å². The molecule has 2 aromatic rings. The van der Waals surface area contributed by atoms with Crippen molar-refractivity contribution >= 4 is 17.3 Å². The van der Waals surface area contributed by atoms with Gasteiger partial charge in [-0.1, -0.05) is 0 Å². The Balaban J connectivity index is 1.86. The van der Waals surface area contributed by atoms with E-state index in [4.69, 9.17) is 0 Å². The first-order chi connectivity index (χ1) is 8.33. The van der Waals surface area contributed by atoms with E-state index in [9.17, 15) is 0 Å². The van der Waals surface area contributed by atoms with Crippen LogP contribution < -0.4 is 10.2 Å². The molecule has 1 aliphatic heterocycles. The van der Waals surface area contributed by atoms with Crippen LogP contribution in [0.1, 0.15) is 5.56 Å². The molecule has 0 unspecified atom stereocenters. The van der Waals surface area contributed by atoms with Crippen LogP contribution in [-0.2, 0) is 6.42 Å². The minimum absolute atomic E-state index is 0.638. The summed E-state index contributed by atoms with van der Waals surface area (Å²) in [5.41, 5.74) is 3.75. The molecule has 4 heteroatoms. The lowest BCUT2D eigenvalue weighted by molar-refractivity contribution is 0.956. The van der Waals surface area contributed by atoms with Gasteiger partial charge in [0.1, 0.15) is 0 Å². The van der Waals surface area contributed by atoms with Crippen molar-refractivity contribution < 1.29 is 0 Å². The SMILES string of the molecule is CN1CCc2cc(Nc3ncccn3)ccc21. The number of nitrogens with one attached hydrogen (secondary N) is 1. The van der Waals surface area contributed by atoms with E-state index >= 15 is 0 Å². The van der Waals surface area contributed by atoms with Crippen LogP contribution in [0.15, 0.2) is 36.7 Å².